The molecular formula is C14H14N2O3. The molecule has 0 spiro atoms. The lowest BCUT2D eigenvalue weighted by Crippen LogP contribution is -2.17. The maximum atomic E-state index is 11.7. The molecule has 0 bridgehead atoms. The standard InChI is InChI=1S/C14H14N2O3/c1-3-19-14(18)13(17)11-4-6-12(7-5-11)16-9-8-15-10(16)2/h4-9H,3H2,1-2H3. The van der Waals surface area contributed by atoms with E-state index in [1.54, 1.807) is 37.4 Å². The lowest BCUT2D eigenvalue weighted by Gasteiger charge is -2.06. The molecule has 2 aromatic rings. The Bertz CT molecular complexity index is 599. The molecule has 1 aromatic heterocycles. The third-order valence-electron chi connectivity index (χ3n) is 2.69. The molecule has 0 unspecified atom stereocenters. The second kappa shape index (κ2) is 5.48. The Labute approximate surface area is 110 Å². The third-order valence-corrected chi connectivity index (χ3v) is 2.69. The Kier molecular flexibility index (Phi) is 3.75. The van der Waals surface area contributed by atoms with Crippen LogP contribution in [-0.4, -0.2) is 27.9 Å². The van der Waals surface area contributed by atoms with Crippen LogP contribution in [0.4, 0.5) is 0 Å². The second-order valence-electron chi connectivity index (χ2n) is 3.94. The van der Waals surface area contributed by atoms with Crippen LogP contribution in [0.1, 0.15) is 23.1 Å². The largest absolute Gasteiger partial charge is 0.460 e. The van der Waals surface area contributed by atoms with Crippen LogP contribution in [0.15, 0.2) is 36.7 Å². The van der Waals surface area contributed by atoms with E-state index in [9.17, 15) is 9.59 Å². The number of aromatic nitrogens is 2. The fraction of sp³-hybridized carbons (Fsp3) is 0.214. The quantitative estimate of drug-likeness (QED) is 0.477. The molecule has 0 saturated carbocycles. The van der Waals surface area contributed by atoms with Crippen LogP contribution in [0, 0.1) is 6.92 Å². The van der Waals surface area contributed by atoms with Crippen molar-refractivity contribution in [1.82, 2.24) is 9.55 Å². The minimum Gasteiger partial charge on any atom is -0.460 e. The van der Waals surface area contributed by atoms with E-state index in [1.807, 2.05) is 17.7 Å². The highest BCUT2D eigenvalue weighted by Crippen LogP contribution is 2.12. The van der Waals surface area contributed by atoms with Crippen LogP contribution >= 0.6 is 0 Å². The Morgan fingerprint density at radius 2 is 1.95 bits per heavy atom. The fourth-order valence-electron chi connectivity index (χ4n) is 1.74. The molecule has 19 heavy (non-hydrogen) atoms. The van der Waals surface area contributed by atoms with Crippen molar-refractivity contribution in [1.29, 1.82) is 0 Å². The van der Waals surface area contributed by atoms with E-state index in [4.69, 9.17) is 0 Å². The minimum absolute atomic E-state index is 0.191. The van der Waals surface area contributed by atoms with E-state index in [-0.39, 0.29) is 6.61 Å². The molecule has 0 aliphatic carbocycles. The Hall–Kier alpha value is -2.43. The molecule has 1 aromatic carbocycles. The number of esters is 1. The zero-order chi connectivity index (χ0) is 13.8. The van der Waals surface area contributed by atoms with Gasteiger partial charge in [-0.05, 0) is 38.1 Å². The molecule has 5 heteroatoms. The van der Waals surface area contributed by atoms with Crippen LogP contribution < -0.4 is 0 Å². The van der Waals surface area contributed by atoms with E-state index >= 15 is 0 Å². The van der Waals surface area contributed by atoms with Gasteiger partial charge in [-0.25, -0.2) is 9.78 Å². The average molecular weight is 258 g/mol. The SMILES string of the molecule is CCOC(=O)C(=O)c1ccc(-n2ccnc2C)cc1. The van der Waals surface area contributed by atoms with Gasteiger partial charge in [-0.2, -0.15) is 0 Å². The number of nitrogens with zero attached hydrogens (tertiary/aromatic N) is 2. The summed E-state index contributed by atoms with van der Waals surface area (Å²) in [4.78, 5) is 27.2. The summed E-state index contributed by atoms with van der Waals surface area (Å²) < 4.78 is 6.56. The maximum absolute atomic E-state index is 11.7. The summed E-state index contributed by atoms with van der Waals surface area (Å²) in [6.07, 6.45) is 3.53. The van der Waals surface area contributed by atoms with Crippen LogP contribution in [-0.2, 0) is 9.53 Å². The predicted molar refractivity (Wildman–Crippen MR) is 69.3 cm³/mol. The number of hydrogen-bond donors (Lipinski definition) is 0. The number of carbonyl (C=O) groups excluding carboxylic acids is 2. The lowest BCUT2D eigenvalue weighted by molar-refractivity contribution is -0.137. The first-order chi connectivity index (χ1) is 9.13. The Morgan fingerprint density at radius 3 is 2.47 bits per heavy atom. The van der Waals surface area contributed by atoms with Crippen LogP contribution in [0.2, 0.25) is 0 Å². The molecule has 0 N–H and O–H groups in total. The number of imidazole rings is 1. The summed E-state index contributed by atoms with van der Waals surface area (Å²) in [5, 5.41) is 0. The Morgan fingerprint density at radius 1 is 1.26 bits per heavy atom. The summed E-state index contributed by atoms with van der Waals surface area (Å²) in [5.74, 6) is -0.603. The first-order valence-corrected chi connectivity index (χ1v) is 5.95. The van der Waals surface area contributed by atoms with Crippen molar-refractivity contribution in [2.24, 2.45) is 0 Å². The molecule has 2 rings (SSSR count). The molecule has 0 fully saturated rings. The molecule has 0 saturated heterocycles. The number of rotatable bonds is 4. The number of ketones is 1. The molecule has 0 radical (unpaired) electrons. The van der Waals surface area contributed by atoms with Crippen molar-refractivity contribution >= 4 is 11.8 Å². The Balaban J connectivity index is 2.22. The summed E-state index contributed by atoms with van der Waals surface area (Å²) in [6.45, 7) is 3.74. The van der Waals surface area contributed by atoms with Crippen molar-refractivity contribution in [2.75, 3.05) is 6.61 Å². The van der Waals surface area contributed by atoms with Gasteiger partial charge >= 0.3 is 5.97 Å². The lowest BCUT2D eigenvalue weighted by atomic mass is 10.1. The number of ether oxygens (including phenoxy) is 1. The van der Waals surface area contributed by atoms with Gasteiger partial charge in [0.25, 0.3) is 5.78 Å². The number of carbonyl (C=O) groups is 2. The van der Waals surface area contributed by atoms with Gasteiger partial charge in [0.2, 0.25) is 0 Å². The highest BCUT2D eigenvalue weighted by molar-refractivity contribution is 6.40. The van der Waals surface area contributed by atoms with Gasteiger partial charge in [0, 0.05) is 23.6 Å². The van der Waals surface area contributed by atoms with E-state index in [2.05, 4.69) is 9.72 Å². The summed E-state index contributed by atoms with van der Waals surface area (Å²) in [5.41, 5.74) is 1.20. The fourth-order valence-corrected chi connectivity index (χ4v) is 1.74. The van der Waals surface area contributed by atoms with Gasteiger partial charge in [-0.1, -0.05) is 0 Å². The molecule has 0 atom stereocenters. The van der Waals surface area contributed by atoms with Crippen molar-refractivity contribution < 1.29 is 14.3 Å². The predicted octanol–water partition coefficient (Wildman–Crippen LogP) is 1.93. The smallest absolute Gasteiger partial charge is 0.379 e. The molecule has 0 aliphatic rings. The van der Waals surface area contributed by atoms with Crippen molar-refractivity contribution in [3.8, 4) is 5.69 Å². The summed E-state index contributed by atoms with van der Waals surface area (Å²) >= 11 is 0. The van der Waals surface area contributed by atoms with E-state index in [1.165, 1.54) is 0 Å². The highest BCUT2D eigenvalue weighted by atomic mass is 16.5. The van der Waals surface area contributed by atoms with Crippen LogP contribution in [0.25, 0.3) is 5.69 Å². The average Bonchev–Trinajstić information content (AvgIpc) is 2.84. The summed E-state index contributed by atoms with van der Waals surface area (Å²) in [7, 11) is 0. The molecule has 98 valence electrons. The molecule has 0 aliphatic heterocycles. The van der Waals surface area contributed by atoms with Gasteiger partial charge in [-0.3, -0.25) is 4.79 Å². The molecule has 0 amide bonds. The molecule has 1 heterocycles. The minimum atomic E-state index is -0.825. The first-order valence-electron chi connectivity index (χ1n) is 5.95. The van der Waals surface area contributed by atoms with Crippen LogP contribution in [0.3, 0.4) is 0 Å². The van der Waals surface area contributed by atoms with Crippen molar-refractivity contribution in [2.45, 2.75) is 13.8 Å². The highest BCUT2D eigenvalue weighted by Gasteiger charge is 2.17. The number of aryl methyl sites for hydroxylation is 1. The van der Waals surface area contributed by atoms with E-state index in [0.717, 1.165) is 11.5 Å². The van der Waals surface area contributed by atoms with Crippen molar-refractivity contribution in [3.05, 3.63) is 48.0 Å². The zero-order valence-corrected chi connectivity index (χ0v) is 10.8. The number of Topliss-reactive ketones (excluding diaryl/α,β-unsaturated/α-hetero) is 1. The van der Waals surface area contributed by atoms with Gasteiger partial charge in [0.05, 0.1) is 6.61 Å². The first kappa shape index (κ1) is 13.0. The van der Waals surface area contributed by atoms with Crippen LogP contribution in [0.5, 0.6) is 0 Å². The number of hydrogen-bond acceptors (Lipinski definition) is 4. The maximum Gasteiger partial charge on any atom is 0.379 e. The normalized spacial score (nSPS) is 10.2. The number of benzene rings is 1. The summed E-state index contributed by atoms with van der Waals surface area (Å²) in [6, 6.07) is 6.74. The monoisotopic (exact) mass is 258 g/mol. The second-order valence-corrected chi connectivity index (χ2v) is 3.94. The van der Waals surface area contributed by atoms with Crippen molar-refractivity contribution in [3.63, 3.8) is 0 Å². The van der Waals surface area contributed by atoms with Gasteiger partial charge in [0.1, 0.15) is 5.82 Å². The molecule has 5 nitrogen and oxygen atoms in total. The van der Waals surface area contributed by atoms with Gasteiger partial charge < -0.3 is 9.30 Å². The van der Waals surface area contributed by atoms with Gasteiger partial charge in [0.15, 0.2) is 0 Å². The topological polar surface area (TPSA) is 61.2 Å². The van der Waals surface area contributed by atoms with E-state index in [0.29, 0.717) is 5.56 Å². The van der Waals surface area contributed by atoms with E-state index < -0.39 is 11.8 Å². The zero-order valence-electron chi connectivity index (χ0n) is 10.8. The molecular weight excluding hydrogens is 244 g/mol. The third kappa shape index (κ3) is 2.70. The van der Waals surface area contributed by atoms with Gasteiger partial charge in [-0.15, -0.1) is 0 Å².